The van der Waals surface area contributed by atoms with Crippen molar-refractivity contribution in [3.8, 4) is 0 Å². The van der Waals surface area contributed by atoms with E-state index in [1.165, 1.54) is 18.3 Å². The largest absolute Gasteiger partial charge is 0.359 e. The molecule has 1 aliphatic carbocycles. The van der Waals surface area contributed by atoms with E-state index in [0.29, 0.717) is 5.92 Å². The molecule has 1 aliphatic heterocycles. The van der Waals surface area contributed by atoms with Gasteiger partial charge in [0.05, 0.1) is 5.69 Å². The van der Waals surface area contributed by atoms with Crippen LogP contribution in [0, 0.1) is 22.6 Å². The lowest BCUT2D eigenvalue weighted by molar-refractivity contribution is 0.168. The molecule has 1 saturated heterocycles. The van der Waals surface area contributed by atoms with Crippen LogP contribution < -0.4 is 10.6 Å². The molecule has 2 heterocycles. The Morgan fingerprint density at radius 2 is 2.11 bits per heavy atom. The Morgan fingerprint density at radius 3 is 2.82 bits per heavy atom. The second-order valence-electron chi connectivity index (χ2n) is 7.67. The van der Waals surface area contributed by atoms with Crippen molar-refractivity contribution in [1.82, 2.24) is 10.3 Å². The quantitative estimate of drug-likeness (QED) is 0.666. The van der Waals surface area contributed by atoms with Crippen LogP contribution in [0.15, 0.2) is 66.5 Å². The average Bonchev–Trinajstić information content (AvgIpc) is 2.75. The van der Waals surface area contributed by atoms with E-state index in [9.17, 15) is 4.39 Å². The molecule has 4 nitrogen and oxygen atoms in total. The number of nitrogens with zero attached hydrogens (tertiary/aromatic N) is 1. The zero-order valence-corrected chi connectivity index (χ0v) is 15.8. The van der Waals surface area contributed by atoms with Crippen LogP contribution in [0.3, 0.4) is 0 Å². The van der Waals surface area contributed by atoms with Crippen molar-refractivity contribution in [2.24, 2.45) is 11.3 Å². The molecule has 0 amide bonds. The lowest BCUT2D eigenvalue weighted by Crippen LogP contribution is -2.49. The van der Waals surface area contributed by atoms with Gasteiger partial charge in [0.15, 0.2) is 0 Å². The Labute approximate surface area is 165 Å². The first kappa shape index (κ1) is 18.6. The van der Waals surface area contributed by atoms with Crippen LogP contribution in [-0.2, 0) is 0 Å². The fourth-order valence-corrected chi connectivity index (χ4v) is 4.57. The van der Waals surface area contributed by atoms with E-state index >= 15 is 0 Å². The number of fused-ring (bicyclic) bond motifs is 1. The zero-order valence-electron chi connectivity index (χ0n) is 15.8. The number of nitrogens with one attached hydrogen (secondary N) is 3. The van der Waals surface area contributed by atoms with Gasteiger partial charge in [0.2, 0.25) is 0 Å². The summed E-state index contributed by atoms with van der Waals surface area (Å²) in [6, 6.07) is 12.3. The Balaban J connectivity index is 1.68. The number of pyridine rings is 1. The van der Waals surface area contributed by atoms with Gasteiger partial charge < -0.3 is 16.0 Å². The Hall–Kier alpha value is -2.79. The van der Waals surface area contributed by atoms with Gasteiger partial charge in [-0.25, -0.2) is 4.39 Å². The minimum atomic E-state index is -0.250. The van der Waals surface area contributed by atoms with Gasteiger partial charge in [0, 0.05) is 35.8 Å². The van der Waals surface area contributed by atoms with Crippen molar-refractivity contribution in [2.75, 3.05) is 18.4 Å². The van der Waals surface area contributed by atoms with E-state index in [2.05, 4.69) is 22.2 Å². The Kier molecular flexibility index (Phi) is 5.09. The number of benzene rings is 1. The van der Waals surface area contributed by atoms with Gasteiger partial charge in [-0.05, 0) is 79.3 Å². The van der Waals surface area contributed by atoms with Crippen LogP contribution in [0.4, 0.5) is 10.1 Å². The van der Waals surface area contributed by atoms with Crippen molar-refractivity contribution in [3.63, 3.8) is 0 Å². The van der Waals surface area contributed by atoms with Gasteiger partial charge in [-0.3, -0.25) is 4.98 Å². The minimum Gasteiger partial charge on any atom is -0.359 e. The third kappa shape index (κ3) is 3.38. The van der Waals surface area contributed by atoms with E-state index < -0.39 is 0 Å². The van der Waals surface area contributed by atoms with Gasteiger partial charge in [-0.1, -0.05) is 12.6 Å². The highest BCUT2D eigenvalue weighted by Gasteiger charge is 2.47. The maximum atomic E-state index is 13.2. The summed E-state index contributed by atoms with van der Waals surface area (Å²) >= 11 is 0. The van der Waals surface area contributed by atoms with Gasteiger partial charge in [-0.2, -0.15) is 0 Å². The summed E-state index contributed by atoms with van der Waals surface area (Å²) in [7, 11) is 0. The van der Waals surface area contributed by atoms with Crippen molar-refractivity contribution in [3.05, 3.63) is 78.0 Å². The fourth-order valence-electron chi connectivity index (χ4n) is 4.57. The highest BCUT2D eigenvalue weighted by molar-refractivity contribution is 5.81. The molecular formula is C23H25FN4. The summed E-state index contributed by atoms with van der Waals surface area (Å²) in [5.41, 5.74) is 4.70. The van der Waals surface area contributed by atoms with Crippen molar-refractivity contribution < 1.29 is 4.39 Å². The molecular weight excluding hydrogens is 351 g/mol. The summed E-state index contributed by atoms with van der Waals surface area (Å²) < 4.78 is 13.2. The van der Waals surface area contributed by atoms with E-state index in [0.717, 1.165) is 60.6 Å². The average molecular weight is 376 g/mol. The smallest absolute Gasteiger partial charge is 0.123 e. The van der Waals surface area contributed by atoms with Crippen LogP contribution in [-0.4, -0.2) is 24.3 Å². The predicted octanol–water partition coefficient (Wildman–Crippen LogP) is 4.64. The topological polar surface area (TPSA) is 60.8 Å². The molecule has 1 aromatic heterocycles. The number of hydrogen-bond donors (Lipinski definition) is 3. The molecule has 2 aliphatic rings. The van der Waals surface area contributed by atoms with Gasteiger partial charge in [0.25, 0.3) is 0 Å². The molecule has 3 N–H and O–H groups in total. The standard InChI is InChI=1S/C23H25FN4/c1-16(21-4-2-3-10-27-21)23-13-17(14-25)22(12-18(23)9-11-26-15-23)28-20-7-5-19(24)6-8-20/h2-8,10,14,18,25-26,28H,1,9,11-13,15H2. The molecule has 5 heteroatoms. The first-order chi connectivity index (χ1) is 13.6. The first-order valence-electron chi connectivity index (χ1n) is 9.69. The molecule has 2 unspecified atom stereocenters. The molecule has 1 fully saturated rings. The van der Waals surface area contributed by atoms with E-state index in [4.69, 9.17) is 5.41 Å². The Morgan fingerprint density at radius 1 is 1.29 bits per heavy atom. The van der Waals surface area contributed by atoms with Crippen molar-refractivity contribution in [2.45, 2.75) is 19.3 Å². The van der Waals surface area contributed by atoms with Crippen LogP contribution in [0.2, 0.25) is 0 Å². The molecule has 28 heavy (non-hydrogen) atoms. The van der Waals surface area contributed by atoms with Gasteiger partial charge >= 0.3 is 0 Å². The Bertz CT molecular complexity index is 904. The summed E-state index contributed by atoms with van der Waals surface area (Å²) in [6.45, 7) is 6.27. The van der Waals surface area contributed by atoms with Gasteiger partial charge in [0.1, 0.15) is 5.82 Å². The molecule has 0 radical (unpaired) electrons. The molecule has 1 aromatic carbocycles. The third-order valence-electron chi connectivity index (χ3n) is 6.12. The van der Waals surface area contributed by atoms with E-state index in [1.54, 1.807) is 18.3 Å². The monoisotopic (exact) mass is 376 g/mol. The van der Waals surface area contributed by atoms with E-state index in [1.807, 2.05) is 18.2 Å². The number of anilines is 1. The van der Waals surface area contributed by atoms with E-state index in [-0.39, 0.29) is 11.2 Å². The number of halogens is 1. The molecule has 0 bridgehead atoms. The SMILES string of the molecule is C=C(c1ccccn1)C12CNCCC1CC(Nc1ccc(F)cc1)=C(C=N)C2. The van der Waals surface area contributed by atoms with Crippen LogP contribution >= 0.6 is 0 Å². The number of rotatable bonds is 5. The number of hydrogen-bond acceptors (Lipinski definition) is 4. The number of allylic oxidation sites excluding steroid dienone is 2. The van der Waals surface area contributed by atoms with Crippen LogP contribution in [0.1, 0.15) is 25.0 Å². The highest BCUT2D eigenvalue weighted by Crippen LogP contribution is 2.53. The normalized spacial score (nSPS) is 24.4. The molecule has 4 rings (SSSR count). The molecule has 144 valence electrons. The van der Waals surface area contributed by atoms with Crippen molar-refractivity contribution in [1.29, 1.82) is 5.41 Å². The maximum Gasteiger partial charge on any atom is 0.123 e. The first-order valence-corrected chi connectivity index (χ1v) is 9.69. The fraction of sp³-hybridized carbons (Fsp3) is 0.304. The molecule has 2 aromatic rings. The number of aromatic nitrogens is 1. The third-order valence-corrected chi connectivity index (χ3v) is 6.12. The molecule has 0 spiro atoms. The second-order valence-corrected chi connectivity index (χ2v) is 7.67. The van der Waals surface area contributed by atoms with Gasteiger partial charge in [-0.15, -0.1) is 0 Å². The summed E-state index contributed by atoms with van der Waals surface area (Å²) in [6.07, 6.45) is 5.89. The zero-order chi connectivity index (χ0) is 19.6. The highest BCUT2D eigenvalue weighted by atomic mass is 19.1. The summed E-state index contributed by atoms with van der Waals surface area (Å²) in [4.78, 5) is 4.53. The van der Waals surface area contributed by atoms with Crippen LogP contribution in [0.25, 0.3) is 5.57 Å². The summed E-state index contributed by atoms with van der Waals surface area (Å²) in [5, 5.41) is 15.0. The number of piperidine rings is 1. The molecule has 2 atom stereocenters. The summed E-state index contributed by atoms with van der Waals surface area (Å²) in [5.74, 6) is 0.161. The lowest BCUT2D eigenvalue weighted by atomic mass is 9.59. The maximum absolute atomic E-state index is 13.2. The molecule has 0 saturated carbocycles. The second kappa shape index (κ2) is 7.68. The minimum absolute atomic E-state index is 0.145. The lowest BCUT2D eigenvalue weighted by Gasteiger charge is -2.49. The van der Waals surface area contributed by atoms with Crippen LogP contribution in [0.5, 0.6) is 0 Å². The predicted molar refractivity (Wildman–Crippen MR) is 112 cm³/mol. The van der Waals surface area contributed by atoms with Crippen molar-refractivity contribution >= 4 is 17.5 Å².